The van der Waals surface area contributed by atoms with E-state index in [4.69, 9.17) is 5.26 Å². The summed E-state index contributed by atoms with van der Waals surface area (Å²) in [6.45, 7) is 1.50. The summed E-state index contributed by atoms with van der Waals surface area (Å²) in [5.41, 5.74) is 3.13. The maximum atomic E-state index is 13.2. The Balaban J connectivity index is 1.16. The van der Waals surface area contributed by atoms with E-state index in [1.165, 1.54) is 12.1 Å². The van der Waals surface area contributed by atoms with Crippen molar-refractivity contribution < 1.29 is 14.0 Å². The van der Waals surface area contributed by atoms with Gasteiger partial charge in [-0.1, -0.05) is 24.3 Å². The number of hydrogen-bond acceptors (Lipinski definition) is 6. The monoisotopic (exact) mass is 512 g/mol. The highest BCUT2D eigenvalue weighted by Crippen LogP contribution is 2.40. The Kier molecular flexibility index (Phi) is 7.70. The number of carbonyl (C=O) groups excluding carboxylic acids is 2. The minimum Gasteiger partial charge on any atom is -0.340 e. The first kappa shape index (κ1) is 25.5. The van der Waals surface area contributed by atoms with E-state index in [-0.39, 0.29) is 23.5 Å². The number of nitriles is 1. The molecule has 0 bridgehead atoms. The van der Waals surface area contributed by atoms with Gasteiger partial charge in [0.25, 0.3) is 5.91 Å². The lowest BCUT2D eigenvalue weighted by molar-refractivity contribution is -0.138. The quantitative estimate of drug-likeness (QED) is 0.404. The van der Waals surface area contributed by atoms with E-state index in [0.717, 1.165) is 17.5 Å². The van der Waals surface area contributed by atoms with Crippen LogP contribution in [0.5, 0.6) is 0 Å². The Hall–Kier alpha value is -4.16. The van der Waals surface area contributed by atoms with Crippen LogP contribution < -0.4 is 10.6 Å². The summed E-state index contributed by atoms with van der Waals surface area (Å²) in [5.74, 6) is -0.485. The Bertz CT molecular complexity index is 1300. The Labute approximate surface area is 220 Å². The van der Waals surface area contributed by atoms with Crippen molar-refractivity contribution in [2.45, 2.75) is 37.3 Å². The molecule has 1 aliphatic carbocycles. The summed E-state index contributed by atoms with van der Waals surface area (Å²) >= 11 is 0. The van der Waals surface area contributed by atoms with Gasteiger partial charge >= 0.3 is 0 Å². The van der Waals surface area contributed by atoms with Crippen LogP contribution in [0.4, 0.5) is 4.39 Å². The lowest BCUT2D eigenvalue weighted by Crippen LogP contribution is -2.56. The van der Waals surface area contributed by atoms with Crippen LogP contribution >= 0.6 is 0 Å². The first-order valence-electron chi connectivity index (χ1n) is 12.9. The second-order valence-electron chi connectivity index (χ2n) is 9.88. The molecule has 9 heteroatoms. The molecule has 2 heterocycles. The molecule has 0 unspecified atom stereocenters. The van der Waals surface area contributed by atoms with Crippen molar-refractivity contribution in [2.24, 2.45) is 5.92 Å². The van der Waals surface area contributed by atoms with Crippen molar-refractivity contribution in [1.82, 2.24) is 25.7 Å². The number of nitrogens with zero attached hydrogens (tertiary/aromatic N) is 4. The molecule has 2 amide bonds. The summed E-state index contributed by atoms with van der Waals surface area (Å²) in [7, 11) is 0. The highest BCUT2D eigenvalue weighted by atomic mass is 19.1. The summed E-state index contributed by atoms with van der Waals surface area (Å²) in [5, 5.41) is 23.5. The fraction of sp³-hybridized carbons (Fsp3) is 0.345. The van der Waals surface area contributed by atoms with Crippen molar-refractivity contribution in [2.75, 3.05) is 19.6 Å². The van der Waals surface area contributed by atoms with Gasteiger partial charge in [-0.3, -0.25) is 9.59 Å². The Morgan fingerprint density at radius 1 is 1.11 bits per heavy atom. The van der Waals surface area contributed by atoms with Crippen molar-refractivity contribution in [3.63, 3.8) is 0 Å². The molecule has 1 aromatic heterocycles. The third-order valence-electron chi connectivity index (χ3n) is 7.16. The molecule has 2 N–H and O–H groups in total. The summed E-state index contributed by atoms with van der Waals surface area (Å²) in [6, 6.07) is 19.1. The van der Waals surface area contributed by atoms with Crippen LogP contribution in [0.3, 0.4) is 0 Å². The molecule has 1 aliphatic heterocycles. The number of halogens is 1. The molecule has 38 heavy (non-hydrogen) atoms. The van der Waals surface area contributed by atoms with Gasteiger partial charge in [0.15, 0.2) is 0 Å². The molecule has 194 valence electrons. The Morgan fingerprint density at radius 2 is 1.87 bits per heavy atom. The van der Waals surface area contributed by atoms with Crippen LogP contribution in [0.25, 0.3) is 11.3 Å². The van der Waals surface area contributed by atoms with Crippen molar-refractivity contribution in [3.8, 4) is 17.3 Å². The van der Waals surface area contributed by atoms with Gasteiger partial charge in [-0.25, -0.2) is 4.39 Å². The van der Waals surface area contributed by atoms with Crippen molar-refractivity contribution in [1.29, 1.82) is 5.26 Å². The highest BCUT2D eigenvalue weighted by molar-refractivity contribution is 5.98. The smallest absolute Gasteiger partial charge is 0.251 e. The zero-order valence-electron chi connectivity index (χ0n) is 20.9. The fourth-order valence-electron chi connectivity index (χ4n) is 4.80. The fourth-order valence-corrected chi connectivity index (χ4v) is 4.80. The molecule has 0 spiro atoms. The number of benzene rings is 2. The topological polar surface area (TPSA) is 111 Å². The molecule has 2 aliphatic rings. The van der Waals surface area contributed by atoms with Gasteiger partial charge in [0.05, 0.1) is 17.7 Å². The van der Waals surface area contributed by atoms with Crippen LogP contribution in [-0.4, -0.2) is 58.6 Å². The minimum absolute atomic E-state index is 0.149. The van der Waals surface area contributed by atoms with Gasteiger partial charge in [0.2, 0.25) is 5.91 Å². The maximum absolute atomic E-state index is 13.2. The molecule has 0 radical (unpaired) electrons. The average Bonchev–Trinajstić information content (AvgIpc) is 3.70. The zero-order chi connectivity index (χ0) is 26.5. The SMILES string of the molecule is N#CC1CN(C(=O)[C@H](CCCN[C@@H]2C[C@H]2c2ccc(F)cc2)NC(=O)c2ccc(-c3cccnn3)cc2)C1. The van der Waals surface area contributed by atoms with E-state index in [9.17, 15) is 14.0 Å². The van der Waals surface area contributed by atoms with Crippen LogP contribution in [0.1, 0.15) is 41.1 Å². The largest absolute Gasteiger partial charge is 0.340 e. The van der Waals surface area contributed by atoms with E-state index < -0.39 is 6.04 Å². The van der Waals surface area contributed by atoms with Crippen LogP contribution in [0.15, 0.2) is 66.9 Å². The van der Waals surface area contributed by atoms with Crippen LogP contribution in [0.2, 0.25) is 0 Å². The predicted molar refractivity (Wildman–Crippen MR) is 139 cm³/mol. The summed E-state index contributed by atoms with van der Waals surface area (Å²) in [6.07, 6.45) is 3.78. The third kappa shape index (κ3) is 6.03. The van der Waals surface area contributed by atoms with Crippen molar-refractivity contribution >= 4 is 11.8 Å². The molecule has 3 aromatic rings. The van der Waals surface area contributed by atoms with Gasteiger partial charge in [0, 0.05) is 42.4 Å². The predicted octanol–water partition coefficient (Wildman–Crippen LogP) is 3.29. The van der Waals surface area contributed by atoms with Crippen LogP contribution in [0, 0.1) is 23.1 Å². The van der Waals surface area contributed by atoms with E-state index >= 15 is 0 Å². The van der Waals surface area contributed by atoms with E-state index in [2.05, 4.69) is 26.9 Å². The summed E-state index contributed by atoms with van der Waals surface area (Å²) < 4.78 is 13.2. The van der Waals surface area contributed by atoms with Gasteiger partial charge in [-0.05, 0) is 67.8 Å². The molecule has 2 fully saturated rings. The molecule has 1 saturated heterocycles. The third-order valence-corrected chi connectivity index (χ3v) is 7.16. The van der Waals surface area contributed by atoms with Gasteiger partial charge in [-0.2, -0.15) is 15.5 Å². The van der Waals surface area contributed by atoms with Crippen molar-refractivity contribution in [3.05, 3.63) is 83.8 Å². The number of amides is 2. The molecule has 8 nitrogen and oxygen atoms in total. The number of rotatable bonds is 10. The summed E-state index contributed by atoms with van der Waals surface area (Å²) in [4.78, 5) is 27.8. The zero-order valence-corrected chi connectivity index (χ0v) is 20.9. The lowest BCUT2D eigenvalue weighted by atomic mass is 9.99. The standard InChI is InChI=1S/C29H29FN6O2/c30-23-11-9-20(10-12-23)24-15-27(24)32-13-1-4-26(29(38)36-17-19(16-31)18-36)34-28(37)22-7-5-21(6-8-22)25-3-2-14-33-35-25/h2-3,5-12,14,19,24,26-27,32H,1,4,13,15,17-18H2,(H,34,37)/t24-,26-,27+/m0/s1. The second-order valence-corrected chi connectivity index (χ2v) is 9.88. The molecule has 5 rings (SSSR count). The number of nitrogens with one attached hydrogen (secondary N) is 2. The molecular formula is C29H29FN6O2. The highest BCUT2D eigenvalue weighted by Gasteiger charge is 2.38. The second kappa shape index (κ2) is 11.5. The first-order valence-corrected chi connectivity index (χ1v) is 12.9. The lowest BCUT2D eigenvalue weighted by Gasteiger charge is -2.37. The Morgan fingerprint density at radius 3 is 2.55 bits per heavy atom. The first-order chi connectivity index (χ1) is 18.5. The molecular weight excluding hydrogens is 483 g/mol. The van der Waals surface area contributed by atoms with E-state index in [1.54, 1.807) is 41.4 Å². The van der Waals surface area contributed by atoms with Crippen LogP contribution in [-0.2, 0) is 4.79 Å². The van der Waals surface area contributed by atoms with Gasteiger partial charge < -0.3 is 15.5 Å². The van der Waals surface area contributed by atoms with E-state index in [1.807, 2.05) is 18.2 Å². The number of aromatic nitrogens is 2. The van der Waals surface area contributed by atoms with Gasteiger partial charge in [-0.15, -0.1) is 0 Å². The van der Waals surface area contributed by atoms with E-state index in [0.29, 0.717) is 55.7 Å². The average molecular weight is 513 g/mol. The normalized spacial score (nSPS) is 19.2. The number of likely N-dealkylation sites (tertiary alicyclic amines) is 1. The minimum atomic E-state index is -0.671. The molecule has 1 saturated carbocycles. The maximum Gasteiger partial charge on any atom is 0.251 e. The molecule has 3 atom stereocenters. The molecule has 2 aromatic carbocycles. The van der Waals surface area contributed by atoms with Gasteiger partial charge in [0.1, 0.15) is 11.9 Å². The number of carbonyl (C=O) groups is 2. The number of hydrogen-bond donors (Lipinski definition) is 2.